The van der Waals surface area contributed by atoms with Crippen molar-refractivity contribution in [3.63, 3.8) is 0 Å². The van der Waals surface area contributed by atoms with Crippen LogP contribution < -0.4 is 5.56 Å². The number of nitriles is 1. The molecular formula is C20H17F3N4O5. The maximum atomic E-state index is 12.9. The molecule has 1 fully saturated rings. The van der Waals surface area contributed by atoms with Crippen molar-refractivity contribution in [2.24, 2.45) is 4.99 Å². The fraction of sp³-hybridized carbons (Fsp3) is 0.350. The van der Waals surface area contributed by atoms with Gasteiger partial charge in [-0.05, 0) is 37.5 Å². The summed E-state index contributed by atoms with van der Waals surface area (Å²) in [4.78, 5) is 26.7. The molecule has 2 aromatic rings. The fourth-order valence-electron chi connectivity index (χ4n) is 3.38. The molecule has 12 heteroatoms. The molecule has 1 aromatic carbocycles. The predicted molar refractivity (Wildman–Crippen MR) is 106 cm³/mol. The molecule has 168 valence electrons. The molecule has 32 heavy (non-hydrogen) atoms. The summed E-state index contributed by atoms with van der Waals surface area (Å²) in [5.74, 6) is -0.527. The highest BCUT2D eigenvalue weighted by atomic mass is 19.4. The van der Waals surface area contributed by atoms with Gasteiger partial charge in [0.25, 0.3) is 11.2 Å². The first kappa shape index (κ1) is 23.0. The Hall–Kier alpha value is -3.72. The van der Waals surface area contributed by atoms with Crippen molar-refractivity contribution < 1.29 is 27.9 Å². The second-order valence-corrected chi connectivity index (χ2v) is 7.12. The summed E-state index contributed by atoms with van der Waals surface area (Å²) in [7, 11) is 0. The number of nitrogens with zero attached hydrogens (tertiary/aromatic N) is 4. The number of benzene rings is 1. The summed E-state index contributed by atoms with van der Waals surface area (Å²) in [5, 5.41) is 31.3. The van der Waals surface area contributed by atoms with Crippen LogP contribution in [0.15, 0.2) is 28.0 Å². The lowest BCUT2D eigenvalue weighted by Gasteiger charge is -2.17. The average molecular weight is 450 g/mol. The first-order valence-electron chi connectivity index (χ1n) is 9.42. The van der Waals surface area contributed by atoms with Gasteiger partial charge in [-0.3, -0.25) is 19.5 Å². The quantitative estimate of drug-likeness (QED) is 0.421. The van der Waals surface area contributed by atoms with Gasteiger partial charge in [-0.1, -0.05) is 0 Å². The summed E-state index contributed by atoms with van der Waals surface area (Å²) in [6.45, 7) is 1.88. The fourth-order valence-corrected chi connectivity index (χ4v) is 3.38. The minimum atomic E-state index is -4.78. The Morgan fingerprint density at radius 1 is 1.47 bits per heavy atom. The van der Waals surface area contributed by atoms with Crippen LogP contribution in [0, 0.1) is 28.4 Å². The van der Waals surface area contributed by atoms with Gasteiger partial charge in [0.05, 0.1) is 28.7 Å². The maximum absolute atomic E-state index is 12.9. The molecule has 0 radical (unpaired) electrons. The molecule has 2 heterocycles. The highest BCUT2D eigenvalue weighted by Crippen LogP contribution is 2.36. The number of aliphatic imine (C=N–C) groups is 1. The zero-order chi connectivity index (χ0) is 23.6. The third kappa shape index (κ3) is 4.47. The van der Waals surface area contributed by atoms with Crippen molar-refractivity contribution >= 4 is 17.6 Å². The van der Waals surface area contributed by atoms with E-state index in [0.717, 1.165) is 23.3 Å². The van der Waals surface area contributed by atoms with Crippen LogP contribution in [-0.2, 0) is 17.5 Å². The first-order valence-corrected chi connectivity index (χ1v) is 9.42. The summed E-state index contributed by atoms with van der Waals surface area (Å²) >= 11 is 0. The van der Waals surface area contributed by atoms with Crippen LogP contribution in [0.4, 0.5) is 24.5 Å². The predicted octanol–water partition coefficient (Wildman–Crippen LogP) is 3.59. The van der Waals surface area contributed by atoms with Gasteiger partial charge in [0.2, 0.25) is 5.88 Å². The number of rotatable bonds is 5. The summed E-state index contributed by atoms with van der Waals surface area (Å²) < 4.78 is 45.1. The molecule has 1 aliphatic heterocycles. The molecular weight excluding hydrogens is 433 g/mol. The molecule has 1 unspecified atom stereocenters. The van der Waals surface area contributed by atoms with Gasteiger partial charge in [-0.2, -0.15) is 18.4 Å². The van der Waals surface area contributed by atoms with E-state index in [2.05, 4.69) is 4.99 Å². The van der Waals surface area contributed by atoms with Crippen molar-refractivity contribution in [2.75, 3.05) is 6.61 Å². The molecule has 1 aromatic heterocycles. The van der Waals surface area contributed by atoms with Crippen LogP contribution in [0.25, 0.3) is 0 Å². The van der Waals surface area contributed by atoms with E-state index in [-0.39, 0.29) is 29.3 Å². The number of aromatic hydroxyl groups is 1. The van der Waals surface area contributed by atoms with Gasteiger partial charge < -0.3 is 9.84 Å². The monoisotopic (exact) mass is 450 g/mol. The van der Waals surface area contributed by atoms with Crippen molar-refractivity contribution in [1.29, 1.82) is 5.26 Å². The zero-order valence-electron chi connectivity index (χ0n) is 16.7. The summed E-state index contributed by atoms with van der Waals surface area (Å²) in [5.41, 5.74) is -3.46. The molecule has 0 amide bonds. The minimum absolute atomic E-state index is 0.0130. The number of ether oxygens (including phenoxy) is 1. The Morgan fingerprint density at radius 3 is 2.75 bits per heavy atom. The summed E-state index contributed by atoms with van der Waals surface area (Å²) in [6.07, 6.45) is -2.70. The summed E-state index contributed by atoms with van der Waals surface area (Å²) in [6, 6.07) is 3.60. The minimum Gasteiger partial charge on any atom is -0.494 e. The number of pyridine rings is 1. The number of alkyl halides is 3. The smallest absolute Gasteiger partial charge is 0.416 e. The van der Waals surface area contributed by atoms with E-state index in [1.54, 1.807) is 6.07 Å². The second-order valence-electron chi connectivity index (χ2n) is 7.12. The molecule has 1 atom stereocenters. The van der Waals surface area contributed by atoms with Crippen molar-refractivity contribution in [3.05, 3.63) is 60.9 Å². The lowest BCUT2D eigenvalue weighted by atomic mass is 10.1. The topological polar surface area (TPSA) is 131 Å². The van der Waals surface area contributed by atoms with E-state index >= 15 is 0 Å². The SMILES string of the molecule is Cc1c(C=Nc2ccc(C(F)(F)F)cc2[N+](=O)[O-])c(O)n(CC2CCCO2)c(=O)c1C#N. The number of nitro groups is 1. The van der Waals surface area contributed by atoms with Crippen LogP contribution in [0.2, 0.25) is 0 Å². The number of nitro benzene ring substituents is 1. The van der Waals surface area contributed by atoms with E-state index in [1.807, 2.05) is 0 Å². The van der Waals surface area contributed by atoms with E-state index in [4.69, 9.17) is 4.74 Å². The first-order chi connectivity index (χ1) is 15.0. The maximum Gasteiger partial charge on any atom is 0.416 e. The van der Waals surface area contributed by atoms with Crippen LogP contribution >= 0.6 is 0 Å². The van der Waals surface area contributed by atoms with E-state index in [1.165, 1.54) is 6.92 Å². The van der Waals surface area contributed by atoms with Crippen LogP contribution in [0.1, 0.15) is 35.1 Å². The molecule has 0 spiro atoms. The molecule has 0 saturated carbocycles. The Morgan fingerprint density at radius 2 is 2.19 bits per heavy atom. The van der Waals surface area contributed by atoms with E-state index < -0.39 is 39.5 Å². The highest BCUT2D eigenvalue weighted by molar-refractivity contribution is 5.88. The molecule has 1 saturated heterocycles. The van der Waals surface area contributed by atoms with Gasteiger partial charge in [0, 0.05) is 18.9 Å². The average Bonchev–Trinajstić information content (AvgIpc) is 3.24. The molecule has 1 N–H and O–H groups in total. The molecule has 1 aliphatic rings. The number of hydrogen-bond donors (Lipinski definition) is 1. The lowest BCUT2D eigenvalue weighted by molar-refractivity contribution is -0.384. The second kappa shape index (κ2) is 8.80. The van der Waals surface area contributed by atoms with Gasteiger partial charge in [0.1, 0.15) is 17.3 Å². The largest absolute Gasteiger partial charge is 0.494 e. The number of aromatic nitrogens is 1. The molecule has 0 aliphatic carbocycles. The van der Waals surface area contributed by atoms with E-state index in [0.29, 0.717) is 25.2 Å². The number of halogens is 3. The van der Waals surface area contributed by atoms with Crippen molar-refractivity contribution in [3.8, 4) is 11.9 Å². The standard InChI is InChI=1S/C20H17F3N4O5/c1-11-14(8-24)18(28)26(10-13-3-2-6-32-13)19(29)15(11)9-25-16-5-4-12(20(21,22)23)7-17(16)27(30)31/h4-5,7,9,13,29H,2-3,6,10H2,1H3. The third-order valence-electron chi connectivity index (χ3n) is 5.09. The van der Waals surface area contributed by atoms with Gasteiger partial charge in [-0.25, -0.2) is 4.99 Å². The van der Waals surface area contributed by atoms with Crippen molar-refractivity contribution in [2.45, 2.75) is 38.6 Å². The number of hydrogen-bond acceptors (Lipinski definition) is 7. The Balaban J connectivity index is 2.10. The highest BCUT2D eigenvalue weighted by Gasteiger charge is 2.33. The van der Waals surface area contributed by atoms with Crippen LogP contribution in [0.5, 0.6) is 5.88 Å². The third-order valence-corrected chi connectivity index (χ3v) is 5.09. The van der Waals surface area contributed by atoms with Crippen LogP contribution in [-0.4, -0.2) is 33.5 Å². The van der Waals surface area contributed by atoms with Crippen molar-refractivity contribution in [1.82, 2.24) is 4.57 Å². The Bertz CT molecular complexity index is 1190. The zero-order valence-corrected chi connectivity index (χ0v) is 16.7. The van der Waals surface area contributed by atoms with E-state index in [9.17, 15) is 38.4 Å². The Labute approximate surface area is 179 Å². The van der Waals surface area contributed by atoms with Gasteiger partial charge in [-0.15, -0.1) is 0 Å². The molecule has 9 nitrogen and oxygen atoms in total. The van der Waals surface area contributed by atoms with Gasteiger partial charge >= 0.3 is 6.18 Å². The molecule has 3 rings (SSSR count). The normalized spacial score (nSPS) is 16.4. The lowest BCUT2D eigenvalue weighted by Crippen LogP contribution is -2.29. The Kier molecular flexibility index (Phi) is 6.31. The molecule has 0 bridgehead atoms. The van der Waals surface area contributed by atoms with Crippen LogP contribution in [0.3, 0.4) is 0 Å². The van der Waals surface area contributed by atoms with Gasteiger partial charge in [0.15, 0.2) is 0 Å².